The SMILES string of the molecule is CC(C)Oc1ccc(C(=O)O[C@H](C)C(=O)Nc2ccccc2Cl)cc1. The molecule has 0 saturated heterocycles. The highest BCUT2D eigenvalue weighted by Gasteiger charge is 2.19. The summed E-state index contributed by atoms with van der Waals surface area (Å²) in [6, 6.07) is 13.4. The van der Waals surface area contributed by atoms with Crippen LogP contribution in [0.5, 0.6) is 5.75 Å². The molecule has 0 saturated carbocycles. The van der Waals surface area contributed by atoms with Crippen LogP contribution in [0.2, 0.25) is 5.02 Å². The van der Waals surface area contributed by atoms with Gasteiger partial charge in [0, 0.05) is 0 Å². The van der Waals surface area contributed by atoms with Crippen molar-refractivity contribution in [2.75, 3.05) is 5.32 Å². The first kappa shape index (κ1) is 18.8. The van der Waals surface area contributed by atoms with E-state index in [1.54, 1.807) is 48.5 Å². The van der Waals surface area contributed by atoms with E-state index in [0.717, 1.165) is 0 Å². The van der Waals surface area contributed by atoms with Crippen LogP contribution in [0.25, 0.3) is 0 Å². The monoisotopic (exact) mass is 361 g/mol. The van der Waals surface area contributed by atoms with Gasteiger partial charge in [-0.1, -0.05) is 23.7 Å². The zero-order valence-corrected chi connectivity index (χ0v) is 15.0. The number of ether oxygens (including phenoxy) is 2. The Kier molecular flexibility index (Phi) is 6.42. The molecule has 5 nitrogen and oxygen atoms in total. The van der Waals surface area contributed by atoms with Crippen LogP contribution >= 0.6 is 11.6 Å². The predicted octanol–water partition coefficient (Wildman–Crippen LogP) is 4.31. The van der Waals surface area contributed by atoms with Crippen molar-refractivity contribution in [3.05, 3.63) is 59.1 Å². The Morgan fingerprint density at radius 3 is 2.24 bits per heavy atom. The lowest BCUT2D eigenvalue weighted by Crippen LogP contribution is -2.30. The molecule has 1 amide bonds. The van der Waals surface area contributed by atoms with E-state index >= 15 is 0 Å². The van der Waals surface area contributed by atoms with Gasteiger partial charge in [0.1, 0.15) is 5.75 Å². The van der Waals surface area contributed by atoms with Crippen molar-refractivity contribution in [1.82, 2.24) is 0 Å². The number of hydrogen-bond acceptors (Lipinski definition) is 4. The van der Waals surface area contributed by atoms with E-state index in [0.29, 0.717) is 22.0 Å². The number of nitrogens with one attached hydrogen (secondary N) is 1. The van der Waals surface area contributed by atoms with Crippen LogP contribution < -0.4 is 10.1 Å². The highest BCUT2D eigenvalue weighted by Crippen LogP contribution is 2.21. The van der Waals surface area contributed by atoms with E-state index in [9.17, 15) is 9.59 Å². The molecule has 0 aliphatic heterocycles. The number of halogens is 1. The summed E-state index contributed by atoms with van der Waals surface area (Å²) in [5, 5.41) is 3.04. The van der Waals surface area contributed by atoms with Crippen LogP contribution in [0.4, 0.5) is 5.69 Å². The molecule has 0 aliphatic rings. The second-order valence-corrected chi connectivity index (χ2v) is 6.11. The Morgan fingerprint density at radius 1 is 1.00 bits per heavy atom. The van der Waals surface area contributed by atoms with Crippen molar-refractivity contribution >= 4 is 29.2 Å². The van der Waals surface area contributed by atoms with E-state index in [4.69, 9.17) is 21.1 Å². The second kappa shape index (κ2) is 8.53. The molecular weight excluding hydrogens is 342 g/mol. The molecule has 0 unspecified atom stereocenters. The van der Waals surface area contributed by atoms with Crippen LogP contribution in [0.15, 0.2) is 48.5 Å². The lowest BCUT2D eigenvalue weighted by Gasteiger charge is -2.14. The molecule has 1 N–H and O–H groups in total. The third-order valence-corrected chi connectivity index (χ3v) is 3.58. The maximum absolute atomic E-state index is 12.1. The molecule has 0 fully saturated rings. The van der Waals surface area contributed by atoms with Crippen molar-refractivity contribution in [1.29, 1.82) is 0 Å². The normalized spacial score (nSPS) is 11.7. The maximum Gasteiger partial charge on any atom is 0.338 e. The highest BCUT2D eigenvalue weighted by atomic mass is 35.5. The first-order valence-electron chi connectivity index (χ1n) is 7.90. The first-order chi connectivity index (χ1) is 11.9. The zero-order chi connectivity index (χ0) is 18.4. The average molecular weight is 362 g/mol. The summed E-state index contributed by atoms with van der Waals surface area (Å²) >= 11 is 5.99. The molecule has 2 rings (SSSR count). The van der Waals surface area contributed by atoms with Crippen molar-refractivity contribution in [3.8, 4) is 5.75 Å². The number of esters is 1. The summed E-state index contributed by atoms with van der Waals surface area (Å²) in [5.74, 6) is -0.379. The summed E-state index contributed by atoms with van der Waals surface area (Å²) in [4.78, 5) is 24.3. The smallest absolute Gasteiger partial charge is 0.338 e. The van der Waals surface area contributed by atoms with Crippen molar-refractivity contribution in [3.63, 3.8) is 0 Å². The van der Waals surface area contributed by atoms with Gasteiger partial charge in [0.15, 0.2) is 6.10 Å². The quantitative estimate of drug-likeness (QED) is 0.778. The van der Waals surface area contributed by atoms with Gasteiger partial charge in [-0.25, -0.2) is 4.79 Å². The number of carbonyl (C=O) groups is 2. The Bertz CT molecular complexity index is 743. The third kappa shape index (κ3) is 5.50. The molecule has 2 aromatic rings. The molecule has 0 heterocycles. The molecule has 6 heteroatoms. The molecule has 1 atom stereocenters. The summed E-state index contributed by atoms with van der Waals surface area (Å²) in [7, 11) is 0. The minimum Gasteiger partial charge on any atom is -0.491 e. The van der Waals surface area contributed by atoms with Crippen LogP contribution in [0, 0.1) is 0 Å². The number of amides is 1. The first-order valence-corrected chi connectivity index (χ1v) is 8.27. The molecule has 0 spiro atoms. The molecule has 0 aromatic heterocycles. The fourth-order valence-electron chi connectivity index (χ4n) is 2.02. The number of para-hydroxylation sites is 1. The number of carbonyl (C=O) groups excluding carboxylic acids is 2. The Balaban J connectivity index is 1.95. The topological polar surface area (TPSA) is 64.6 Å². The minimum atomic E-state index is -0.963. The lowest BCUT2D eigenvalue weighted by atomic mass is 10.2. The lowest BCUT2D eigenvalue weighted by molar-refractivity contribution is -0.123. The van der Waals surface area contributed by atoms with Gasteiger partial charge in [-0.3, -0.25) is 4.79 Å². The summed E-state index contributed by atoms with van der Waals surface area (Å²) < 4.78 is 10.7. The van der Waals surface area contributed by atoms with Gasteiger partial charge in [0.05, 0.1) is 22.4 Å². The van der Waals surface area contributed by atoms with Crippen molar-refractivity contribution < 1.29 is 19.1 Å². The fourth-order valence-corrected chi connectivity index (χ4v) is 2.20. The van der Waals surface area contributed by atoms with Gasteiger partial charge < -0.3 is 14.8 Å². The van der Waals surface area contributed by atoms with Gasteiger partial charge in [-0.15, -0.1) is 0 Å². The van der Waals surface area contributed by atoms with Gasteiger partial charge >= 0.3 is 5.97 Å². The fraction of sp³-hybridized carbons (Fsp3) is 0.263. The van der Waals surface area contributed by atoms with E-state index in [1.807, 2.05) is 13.8 Å². The number of benzene rings is 2. The van der Waals surface area contributed by atoms with Crippen LogP contribution in [0.3, 0.4) is 0 Å². The molecular formula is C19H20ClNO4. The van der Waals surface area contributed by atoms with Gasteiger partial charge in [0.2, 0.25) is 0 Å². The van der Waals surface area contributed by atoms with Crippen LogP contribution in [-0.4, -0.2) is 24.1 Å². The minimum absolute atomic E-state index is 0.0475. The average Bonchev–Trinajstić information content (AvgIpc) is 2.56. The summed E-state index contributed by atoms with van der Waals surface area (Å²) in [6.45, 7) is 5.34. The molecule has 0 bridgehead atoms. The number of rotatable bonds is 6. The standard InChI is InChI=1S/C19H20ClNO4/c1-12(2)24-15-10-8-14(9-11-15)19(23)25-13(3)18(22)21-17-7-5-4-6-16(17)20/h4-13H,1-3H3,(H,21,22)/t13-/m1/s1. The second-order valence-electron chi connectivity index (χ2n) is 5.71. The van der Waals surface area contributed by atoms with Crippen LogP contribution in [-0.2, 0) is 9.53 Å². The molecule has 0 radical (unpaired) electrons. The Labute approximate surface area is 151 Å². The maximum atomic E-state index is 12.1. The predicted molar refractivity (Wildman–Crippen MR) is 97.2 cm³/mol. The van der Waals surface area contributed by atoms with Gasteiger partial charge in [-0.2, -0.15) is 0 Å². The van der Waals surface area contributed by atoms with E-state index < -0.39 is 18.0 Å². The van der Waals surface area contributed by atoms with Gasteiger partial charge in [0.25, 0.3) is 5.91 Å². The van der Waals surface area contributed by atoms with E-state index in [2.05, 4.69) is 5.32 Å². The largest absolute Gasteiger partial charge is 0.491 e. The third-order valence-electron chi connectivity index (χ3n) is 3.25. The number of anilines is 1. The van der Waals surface area contributed by atoms with E-state index in [1.165, 1.54) is 6.92 Å². The Morgan fingerprint density at radius 2 is 1.64 bits per heavy atom. The van der Waals surface area contributed by atoms with Crippen molar-refractivity contribution in [2.24, 2.45) is 0 Å². The number of hydrogen-bond donors (Lipinski definition) is 1. The van der Waals surface area contributed by atoms with Crippen molar-refractivity contribution in [2.45, 2.75) is 33.0 Å². The highest BCUT2D eigenvalue weighted by molar-refractivity contribution is 6.33. The molecule has 2 aromatic carbocycles. The Hall–Kier alpha value is -2.53. The van der Waals surface area contributed by atoms with E-state index in [-0.39, 0.29) is 6.10 Å². The zero-order valence-electron chi connectivity index (χ0n) is 14.3. The van der Waals surface area contributed by atoms with Crippen LogP contribution in [0.1, 0.15) is 31.1 Å². The molecule has 0 aliphatic carbocycles. The summed E-state index contributed by atoms with van der Waals surface area (Å²) in [6.07, 6.45) is -0.915. The summed E-state index contributed by atoms with van der Waals surface area (Å²) in [5.41, 5.74) is 0.806. The van der Waals surface area contributed by atoms with Gasteiger partial charge in [-0.05, 0) is 57.2 Å². The molecule has 132 valence electrons. The molecule has 25 heavy (non-hydrogen) atoms.